The first-order valence-electron chi connectivity index (χ1n) is 5.98. The molecule has 0 saturated carbocycles. The van der Waals surface area contributed by atoms with E-state index >= 15 is 0 Å². The molecule has 4 nitrogen and oxygen atoms in total. The summed E-state index contributed by atoms with van der Waals surface area (Å²) in [5.41, 5.74) is 5.55. The minimum atomic E-state index is -0.626. The summed E-state index contributed by atoms with van der Waals surface area (Å²) >= 11 is 10.6. The Hall–Kier alpha value is -1.24. The van der Waals surface area contributed by atoms with Gasteiger partial charge in [-0.1, -0.05) is 29.9 Å². The van der Waals surface area contributed by atoms with Crippen LogP contribution in [0.15, 0.2) is 18.2 Å². The predicted molar refractivity (Wildman–Crippen MR) is 80.6 cm³/mol. The van der Waals surface area contributed by atoms with Gasteiger partial charge in [-0.05, 0) is 12.1 Å². The lowest BCUT2D eigenvalue weighted by Crippen LogP contribution is -2.36. The van der Waals surface area contributed by atoms with Gasteiger partial charge in [0.15, 0.2) is 0 Å². The van der Waals surface area contributed by atoms with E-state index in [1.807, 2.05) is 0 Å². The van der Waals surface area contributed by atoms with Crippen LogP contribution < -0.4 is 5.73 Å². The zero-order valence-electron chi connectivity index (χ0n) is 11.1. The molecule has 0 spiro atoms. The fraction of sp³-hybridized carbons (Fsp3) is 0.385. The van der Waals surface area contributed by atoms with Crippen molar-refractivity contribution < 1.29 is 13.9 Å². The van der Waals surface area contributed by atoms with Crippen LogP contribution in [0, 0.1) is 5.82 Å². The van der Waals surface area contributed by atoms with Crippen molar-refractivity contribution in [3.8, 4) is 0 Å². The number of ether oxygens (including phenoxy) is 1. The van der Waals surface area contributed by atoms with Crippen LogP contribution in [0.4, 0.5) is 4.39 Å². The Bertz CT molecular complexity index is 499. The van der Waals surface area contributed by atoms with E-state index in [0.29, 0.717) is 31.1 Å². The molecular formula is C13H16ClFN2O2S. The average Bonchev–Trinajstić information content (AvgIpc) is 2.41. The monoisotopic (exact) mass is 318 g/mol. The third-order valence-electron chi connectivity index (χ3n) is 2.66. The van der Waals surface area contributed by atoms with Gasteiger partial charge in [0, 0.05) is 26.6 Å². The Labute approximate surface area is 127 Å². The van der Waals surface area contributed by atoms with Crippen molar-refractivity contribution >= 4 is 34.7 Å². The van der Waals surface area contributed by atoms with Gasteiger partial charge in [0.25, 0.3) is 5.91 Å². The van der Waals surface area contributed by atoms with Crippen LogP contribution >= 0.6 is 23.8 Å². The van der Waals surface area contributed by atoms with Crippen molar-refractivity contribution in [2.75, 3.05) is 26.8 Å². The first kappa shape index (κ1) is 16.8. The number of halogens is 2. The van der Waals surface area contributed by atoms with Crippen LogP contribution in [0.5, 0.6) is 0 Å². The number of hydrogen-bond donors (Lipinski definition) is 1. The molecule has 1 aromatic carbocycles. The van der Waals surface area contributed by atoms with Crippen molar-refractivity contribution in [1.29, 1.82) is 0 Å². The fourth-order valence-corrected chi connectivity index (χ4v) is 1.90. The van der Waals surface area contributed by atoms with E-state index in [9.17, 15) is 9.18 Å². The molecule has 0 unspecified atom stereocenters. The van der Waals surface area contributed by atoms with Gasteiger partial charge in [0.05, 0.1) is 22.2 Å². The maximum absolute atomic E-state index is 13.4. The smallest absolute Gasteiger partial charge is 0.255 e. The van der Waals surface area contributed by atoms with Crippen LogP contribution in [0.3, 0.4) is 0 Å². The molecule has 0 heterocycles. The molecule has 1 aromatic rings. The molecule has 0 bridgehead atoms. The number of nitrogens with two attached hydrogens (primary N) is 1. The number of rotatable bonds is 7. The highest BCUT2D eigenvalue weighted by Gasteiger charge is 2.19. The number of carbonyl (C=O) groups is 1. The summed E-state index contributed by atoms with van der Waals surface area (Å²) in [5, 5.41) is -0.185. The van der Waals surface area contributed by atoms with Crippen molar-refractivity contribution in [2.24, 2.45) is 5.73 Å². The summed E-state index contributed by atoms with van der Waals surface area (Å²) in [6.07, 6.45) is 0.387. The second kappa shape index (κ2) is 8.14. The molecule has 7 heteroatoms. The maximum atomic E-state index is 13.4. The zero-order chi connectivity index (χ0) is 15.1. The van der Waals surface area contributed by atoms with Gasteiger partial charge in [-0.15, -0.1) is 0 Å². The molecule has 0 aliphatic carbocycles. The quantitative estimate of drug-likeness (QED) is 0.783. The lowest BCUT2D eigenvalue weighted by molar-refractivity contribution is 0.0701. The molecule has 0 fully saturated rings. The number of methoxy groups -OCH3 is 1. The standard InChI is InChI=1S/C13H16ClFN2O2S/c1-19-8-7-17(6-5-11(16)20)13(18)9-3-2-4-10(15)12(9)14/h2-4H,5-8H2,1H3,(H2,16,20). The van der Waals surface area contributed by atoms with E-state index in [1.165, 1.54) is 30.2 Å². The minimum Gasteiger partial charge on any atom is -0.393 e. The Balaban J connectivity index is 2.90. The Morgan fingerprint density at radius 1 is 1.50 bits per heavy atom. The number of nitrogens with zero attached hydrogens (tertiary/aromatic N) is 1. The lowest BCUT2D eigenvalue weighted by Gasteiger charge is -2.22. The lowest BCUT2D eigenvalue weighted by atomic mass is 10.2. The van der Waals surface area contributed by atoms with Crippen LogP contribution in [-0.4, -0.2) is 42.6 Å². The van der Waals surface area contributed by atoms with Gasteiger partial charge >= 0.3 is 0 Å². The summed E-state index contributed by atoms with van der Waals surface area (Å²) in [5.74, 6) is -0.999. The van der Waals surface area contributed by atoms with E-state index in [2.05, 4.69) is 0 Å². The largest absolute Gasteiger partial charge is 0.393 e. The normalized spacial score (nSPS) is 10.3. The number of hydrogen-bond acceptors (Lipinski definition) is 3. The number of carbonyl (C=O) groups excluding carboxylic acids is 1. The van der Waals surface area contributed by atoms with Gasteiger partial charge in [-0.25, -0.2) is 4.39 Å². The molecule has 1 amide bonds. The highest BCUT2D eigenvalue weighted by Crippen LogP contribution is 2.21. The molecule has 2 N–H and O–H groups in total. The summed E-state index contributed by atoms with van der Waals surface area (Å²) in [6.45, 7) is 1.05. The molecule has 0 atom stereocenters. The van der Waals surface area contributed by atoms with E-state index in [-0.39, 0.29) is 16.5 Å². The van der Waals surface area contributed by atoms with E-state index in [4.69, 9.17) is 34.3 Å². The minimum absolute atomic E-state index is 0.116. The molecule has 0 saturated heterocycles. The van der Waals surface area contributed by atoms with Gasteiger partial charge in [-0.3, -0.25) is 4.79 Å². The molecule has 0 aromatic heterocycles. The van der Waals surface area contributed by atoms with Gasteiger partial charge in [-0.2, -0.15) is 0 Å². The highest BCUT2D eigenvalue weighted by atomic mass is 35.5. The van der Waals surface area contributed by atoms with Crippen molar-refractivity contribution in [3.63, 3.8) is 0 Å². The molecule has 0 radical (unpaired) electrons. The third kappa shape index (κ3) is 4.70. The highest BCUT2D eigenvalue weighted by molar-refractivity contribution is 7.80. The predicted octanol–water partition coefficient (Wildman–Crippen LogP) is 2.24. The molecular weight excluding hydrogens is 303 g/mol. The second-order valence-electron chi connectivity index (χ2n) is 4.10. The number of benzene rings is 1. The summed E-state index contributed by atoms with van der Waals surface area (Å²) < 4.78 is 18.4. The van der Waals surface area contributed by atoms with E-state index in [1.54, 1.807) is 0 Å². The molecule has 20 heavy (non-hydrogen) atoms. The topological polar surface area (TPSA) is 55.6 Å². The van der Waals surface area contributed by atoms with Crippen molar-refractivity contribution in [3.05, 3.63) is 34.6 Å². The SMILES string of the molecule is COCCN(CCC(N)=S)C(=O)c1cccc(F)c1Cl. The first-order chi connectivity index (χ1) is 9.47. The van der Waals surface area contributed by atoms with Crippen LogP contribution in [0.25, 0.3) is 0 Å². The molecule has 0 aliphatic rings. The van der Waals surface area contributed by atoms with Gasteiger partial charge < -0.3 is 15.4 Å². The Morgan fingerprint density at radius 2 is 2.20 bits per heavy atom. The van der Waals surface area contributed by atoms with Crippen molar-refractivity contribution in [2.45, 2.75) is 6.42 Å². The zero-order valence-corrected chi connectivity index (χ0v) is 12.6. The van der Waals surface area contributed by atoms with Crippen LogP contribution in [0.2, 0.25) is 5.02 Å². The third-order valence-corrected chi connectivity index (χ3v) is 3.25. The summed E-state index contributed by atoms with van der Waals surface area (Å²) in [7, 11) is 1.53. The number of thiocarbonyl (C=S) groups is 1. The molecule has 1 rings (SSSR count). The van der Waals surface area contributed by atoms with E-state index < -0.39 is 5.82 Å². The number of amides is 1. The van der Waals surface area contributed by atoms with Crippen LogP contribution in [0.1, 0.15) is 16.8 Å². The Kier molecular flexibility index (Phi) is 6.84. The van der Waals surface area contributed by atoms with Crippen molar-refractivity contribution in [1.82, 2.24) is 4.90 Å². The fourth-order valence-electron chi connectivity index (χ4n) is 1.60. The summed E-state index contributed by atoms with van der Waals surface area (Å²) in [6, 6.07) is 4.12. The molecule has 0 aliphatic heterocycles. The van der Waals surface area contributed by atoms with Gasteiger partial charge in [0.1, 0.15) is 5.82 Å². The average molecular weight is 319 g/mol. The summed E-state index contributed by atoms with van der Waals surface area (Å²) in [4.78, 5) is 14.2. The second-order valence-corrected chi connectivity index (χ2v) is 5.01. The Morgan fingerprint density at radius 3 is 2.80 bits per heavy atom. The first-order valence-corrected chi connectivity index (χ1v) is 6.76. The van der Waals surface area contributed by atoms with Gasteiger partial charge in [0.2, 0.25) is 0 Å². The van der Waals surface area contributed by atoms with E-state index in [0.717, 1.165) is 0 Å². The molecule has 110 valence electrons. The maximum Gasteiger partial charge on any atom is 0.255 e. The van der Waals surface area contributed by atoms with Crippen LogP contribution in [-0.2, 0) is 4.74 Å².